The van der Waals surface area contributed by atoms with Crippen molar-refractivity contribution in [2.24, 2.45) is 28.6 Å². The number of anilines is 1. The van der Waals surface area contributed by atoms with Crippen molar-refractivity contribution in [1.29, 1.82) is 0 Å². The molecule has 4 saturated carbocycles. The van der Waals surface area contributed by atoms with Crippen molar-refractivity contribution in [2.45, 2.75) is 84.8 Å². The summed E-state index contributed by atoms with van der Waals surface area (Å²) in [6.45, 7) is 8.12. The maximum absolute atomic E-state index is 12.7. The van der Waals surface area contributed by atoms with Crippen LogP contribution in [0.25, 0.3) is 0 Å². The molecular formula is C25H38N4O2. The molecule has 6 rings (SSSR count). The van der Waals surface area contributed by atoms with Gasteiger partial charge in [0.1, 0.15) is 12.1 Å². The number of amides is 1. The maximum Gasteiger partial charge on any atom is 0.223 e. The van der Waals surface area contributed by atoms with Gasteiger partial charge < -0.3 is 15.3 Å². The maximum atomic E-state index is 12.7. The topological polar surface area (TPSA) is 78.4 Å². The van der Waals surface area contributed by atoms with Gasteiger partial charge in [-0.1, -0.05) is 20.8 Å². The Kier molecular flexibility index (Phi) is 5.27. The molecule has 6 heteroatoms. The molecule has 0 spiro atoms. The molecule has 1 aromatic rings. The van der Waals surface area contributed by atoms with Crippen LogP contribution in [0.4, 0.5) is 5.82 Å². The predicted molar refractivity (Wildman–Crippen MR) is 120 cm³/mol. The Morgan fingerprint density at radius 3 is 2.45 bits per heavy atom. The fourth-order valence-electron chi connectivity index (χ4n) is 7.28. The van der Waals surface area contributed by atoms with Gasteiger partial charge in [0, 0.05) is 25.1 Å². The number of hydrogen-bond donors (Lipinski definition) is 2. The molecule has 4 fully saturated rings. The summed E-state index contributed by atoms with van der Waals surface area (Å²) in [4.78, 5) is 23.6. The van der Waals surface area contributed by atoms with Gasteiger partial charge in [0.15, 0.2) is 0 Å². The third-order valence-corrected chi connectivity index (χ3v) is 8.30. The molecule has 31 heavy (non-hydrogen) atoms. The Morgan fingerprint density at radius 1 is 1.19 bits per heavy atom. The van der Waals surface area contributed by atoms with E-state index in [-0.39, 0.29) is 22.8 Å². The van der Waals surface area contributed by atoms with Crippen molar-refractivity contribution in [3.63, 3.8) is 0 Å². The fraction of sp³-hybridized carbons (Fsp3) is 0.800. The molecule has 1 aromatic heterocycles. The zero-order valence-electron chi connectivity index (χ0n) is 19.4. The van der Waals surface area contributed by atoms with Gasteiger partial charge >= 0.3 is 0 Å². The summed E-state index contributed by atoms with van der Waals surface area (Å²) in [7, 11) is 0. The molecule has 2 heterocycles. The molecule has 5 aliphatic rings. The molecule has 1 amide bonds. The number of aromatic nitrogens is 2. The molecular weight excluding hydrogens is 388 g/mol. The van der Waals surface area contributed by atoms with E-state index in [2.05, 4.69) is 36.1 Å². The van der Waals surface area contributed by atoms with E-state index in [1.165, 1.54) is 38.5 Å². The Labute approximate surface area is 186 Å². The summed E-state index contributed by atoms with van der Waals surface area (Å²) in [5.74, 6) is 3.55. The van der Waals surface area contributed by atoms with E-state index in [1.807, 2.05) is 4.90 Å². The van der Waals surface area contributed by atoms with Crippen LogP contribution in [0.3, 0.4) is 0 Å². The van der Waals surface area contributed by atoms with Crippen molar-refractivity contribution in [3.05, 3.63) is 17.6 Å². The summed E-state index contributed by atoms with van der Waals surface area (Å²) in [6.07, 6.45) is 10.4. The van der Waals surface area contributed by atoms with Crippen molar-refractivity contribution < 1.29 is 9.90 Å². The molecule has 0 saturated heterocycles. The number of hydrogen-bond acceptors (Lipinski definition) is 5. The van der Waals surface area contributed by atoms with E-state index < -0.39 is 0 Å². The molecule has 1 atom stereocenters. The fourth-order valence-corrected chi connectivity index (χ4v) is 7.28. The van der Waals surface area contributed by atoms with E-state index in [4.69, 9.17) is 0 Å². The van der Waals surface area contributed by atoms with Crippen LogP contribution < -0.4 is 5.32 Å². The third kappa shape index (κ3) is 4.20. The summed E-state index contributed by atoms with van der Waals surface area (Å²) >= 11 is 0. The number of aliphatic hydroxyl groups is 1. The molecule has 1 unspecified atom stereocenters. The highest BCUT2D eigenvalue weighted by Crippen LogP contribution is 2.61. The van der Waals surface area contributed by atoms with E-state index in [1.54, 1.807) is 6.33 Å². The van der Waals surface area contributed by atoms with Gasteiger partial charge in [-0.15, -0.1) is 0 Å². The first kappa shape index (κ1) is 21.2. The lowest BCUT2D eigenvalue weighted by molar-refractivity contribution is -0.134. The molecule has 0 radical (unpaired) electrons. The van der Waals surface area contributed by atoms with Gasteiger partial charge in [0.05, 0.1) is 18.3 Å². The number of carbonyl (C=O) groups excluding carboxylic acids is 1. The standard InChI is InChI=1S/C25H38N4O2/c1-24(2,3)12-22(31)29-5-4-19-20(14-29)27-15-28-23(19)26-13-21(30)25-9-16-6-17(10-25)8-18(7-16)11-25/h15-18,21,30H,4-14H2,1-3H3,(H,26,27,28). The summed E-state index contributed by atoms with van der Waals surface area (Å²) in [5.41, 5.74) is 2.16. The average molecular weight is 427 g/mol. The smallest absolute Gasteiger partial charge is 0.223 e. The Morgan fingerprint density at radius 2 is 1.84 bits per heavy atom. The Bertz CT molecular complexity index is 811. The molecule has 4 aliphatic carbocycles. The minimum absolute atomic E-state index is 0.0108. The van der Waals surface area contributed by atoms with E-state index in [9.17, 15) is 9.90 Å². The number of nitrogens with zero attached hydrogens (tertiary/aromatic N) is 3. The first-order valence-electron chi connectivity index (χ1n) is 12.2. The van der Waals surface area contributed by atoms with Crippen molar-refractivity contribution >= 4 is 11.7 Å². The summed E-state index contributed by atoms with van der Waals surface area (Å²) in [5, 5.41) is 14.7. The van der Waals surface area contributed by atoms with Gasteiger partial charge in [-0.2, -0.15) is 0 Å². The van der Waals surface area contributed by atoms with Crippen LogP contribution >= 0.6 is 0 Å². The van der Waals surface area contributed by atoms with Crippen LogP contribution in [0.1, 0.15) is 77.0 Å². The Balaban J connectivity index is 1.24. The predicted octanol–water partition coefficient (Wildman–Crippen LogP) is 3.79. The normalized spacial score (nSPS) is 32.6. The van der Waals surface area contributed by atoms with E-state index in [0.29, 0.717) is 26.1 Å². The average Bonchev–Trinajstić information content (AvgIpc) is 2.69. The van der Waals surface area contributed by atoms with Crippen LogP contribution in [-0.4, -0.2) is 45.1 Å². The Hall–Kier alpha value is -1.69. The zero-order chi connectivity index (χ0) is 21.8. The van der Waals surface area contributed by atoms with Gasteiger partial charge in [-0.05, 0) is 73.5 Å². The van der Waals surface area contributed by atoms with Gasteiger partial charge in [0.2, 0.25) is 5.91 Å². The molecule has 2 N–H and O–H groups in total. The highest BCUT2D eigenvalue weighted by Gasteiger charge is 2.53. The van der Waals surface area contributed by atoms with Gasteiger partial charge in [-0.25, -0.2) is 9.97 Å². The monoisotopic (exact) mass is 426 g/mol. The lowest BCUT2D eigenvalue weighted by Gasteiger charge is -2.58. The van der Waals surface area contributed by atoms with Gasteiger partial charge in [-0.3, -0.25) is 4.79 Å². The number of carbonyl (C=O) groups is 1. The first-order chi connectivity index (χ1) is 14.7. The first-order valence-corrected chi connectivity index (χ1v) is 12.2. The molecule has 170 valence electrons. The SMILES string of the molecule is CC(C)(C)CC(=O)N1CCc2c(ncnc2NCC(O)C23CC4CC(CC(C4)C2)C3)C1. The zero-order valence-corrected chi connectivity index (χ0v) is 19.4. The number of nitrogens with one attached hydrogen (secondary N) is 1. The number of rotatable bonds is 5. The number of fused-ring (bicyclic) bond motifs is 1. The molecule has 0 aromatic carbocycles. The molecule has 1 aliphatic heterocycles. The largest absolute Gasteiger partial charge is 0.391 e. The summed E-state index contributed by atoms with van der Waals surface area (Å²) < 4.78 is 0. The van der Waals surface area contributed by atoms with E-state index >= 15 is 0 Å². The second-order valence-corrected chi connectivity index (χ2v) is 12.1. The summed E-state index contributed by atoms with van der Waals surface area (Å²) in [6, 6.07) is 0. The molecule has 6 nitrogen and oxygen atoms in total. The van der Waals surface area contributed by atoms with Crippen molar-refractivity contribution in [3.8, 4) is 0 Å². The third-order valence-electron chi connectivity index (χ3n) is 8.30. The highest BCUT2D eigenvalue weighted by atomic mass is 16.3. The van der Waals surface area contributed by atoms with Crippen molar-refractivity contribution in [2.75, 3.05) is 18.4 Å². The van der Waals surface area contributed by atoms with Gasteiger partial charge in [0.25, 0.3) is 0 Å². The van der Waals surface area contributed by atoms with Crippen molar-refractivity contribution in [1.82, 2.24) is 14.9 Å². The quantitative estimate of drug-likeness (QED) is 0.749. The van der Waals surface area contributed by atoms with E-state index in [0.717, 1.165) is 41.2 Å². The second-order valence-electron chi connectivity index (χ2n) is 12.1. The minimum atomic E-state index is -0.319. The second kappa shape index (κ2) is 7.72. The number of aliphatic hydroxyl groups excluding tert-OH is 1. The van der Waals surface area contributed by atoms with Crippen LogP contribution in [-0.2, 0) is 17.8 Å². The van der Waals surface area contributed by atoms with Crippen LogP contribution in [0, 0.1) is 28.6 Å². The van der Waals surface area contributed by atoms with Crippen LogP contribution in [0.5, 0.6) is 0 Å². The van der Waals surface area contributed by atoms with Crippen LogP contribution in [0.15, 0.2) is 6.33 Å². The molecule has 4 bridgehead atoms. The lowest BCUT2D eigenvalue weighted by atomic mass is 9.48. The highest BCUT2D eigenvalue weighted by molar-refractivity contribution is 5.77. The minimum Gasteiger partial charge on any atom is -0.391 e. The lowest BCUT2D eigenvalue weighted by Crippen LogP contribution is -2.53. The van der Waals surface area contributed by atoms with Crippen LogP contribution in [0.2, 0.25) is 0 Å².